The van der Waals surface area contributed by atoms with Gasteiger partial charge in [-0.25, -0.2) is 9.59 Å². The Kier molecular flexibility index (Phi) is 8.21. The van der Waals surface area contributed by atoms with Crippen molar-refractivity contribution in [2.24, 2.45) is 5.92 Å². The van der Waals surface area contributed by atoms with Crippen LogP contribution in [-0.2, 0) is 25.8 Å². The van der Waals surface area contributed by atoms with Crippen molar-refractivity contribution in [2.45, 2.75) is 89.6 Å². The lowest BCUT2D eigenvalue weighted by atomic mass is 9.85. The quantitative estimate of drug-likeness (QED) is 0.500. The van der Waals surface area contributed by atoms with Crippen LogP contribution in [0, 0.1) is 5.92 Å². The van der Waals surface area contributed by atoms with Gasteiger partial charge >= 0.3 is 12.1 Å². The molecule has 2 aliphatic heterocycles. The third-order valence-electron chi connectivity index (χ3n) is 6.97. The Morgan fingerprint density at radius 2 is 1.62 bits per heavy atom. The lowest BCUT2D eigenvalue weighted by Crippen LogP contribution is -2.55. The Balaban J connectivity index is 1.19. The first-order chi connectivity index (χ1) is 17.6. The van der Waals surface area contributed by atoms with E-state index in [4.69, 9.17) is 9.57 Å². The Morgan fingerprint density at radius 3 is 2.30 bits per heavy atom. The van der Waals surface area contributed by atoms with Crippen LogP contribution in [0.3, 0.4) is 0 Å². The number of hydrogen-bond acceptors (Lipinski definition) is 6. The smallest absolute Gasteiger partial charge is 0.407 e. The Bertz CT molecular complexity index is 989. The third-order valence-corrected chi connectivity index (χ3v) is 6.97. The molecule has 37 heavy (non-hydrogen) atoms. The van der Waals surface area contributed by atoms with Crippen LogP contribution in [0.2, 0.25) is 0 Å². The van der Waals surface area contributed by atoms with Crippen LogP contribution in [-0.4, -0.2) is 64.2 Å². The monoisotopic (exact) mass is 515 g/mol. The summed E-state index contributed by atoms with van der Waals surface area (Å²) in [5, 5.41) is 4.23. The fourth-order valence-corrected chi connectivity index (χ4v) is 5.07. The summed E-state index contributed by atoms with van der Waals surface area (Å²) >= 11 is 0. The number of ether oxygens (including phenoxy) is 1. The number of hydrazine groups is 1. The number of carbonyl (C=O) groups excluding carboxylic acids is 4. The Labute approximate surface area is 217 Å². The first kappa shape index (κ1) is 26.7. The maximum atomic E-state index is 12.9. The maximum absolute atomic E-state index is 12.9. The molecule has 1 saturated carbocycles. The third kappa shape index (κ3) is 6.91. The SMILES string of the molecule is CC(C)(C)OC(=O)NC1CCC(C(=O)NNC(=O)C2CCC3CN2C(=O)N3OCc2ccccc2)CC1. The minimum atomic E-state index is -0.664. The molecule has 5 amide bonds. The molecule has 4 rings (SSSR count). The molecule has 3 aliphatic rings. The van der Waals surface area contributed by atoms with Crippen molar-refractivity contribution in [3.63, 3.8) is 0 Å². The normalized spacial score (nSPS) is 25.4. The Hall–Kier alpha value is -3.34. The maximum Gasteiger partial charge on any atom is 0.407 e. The van der Waals surface area contributed by atoms with Gasteiger partial charge in [-0.1, -0.05) is 30.3 Å². The number of rotatable bonds is 6. The first-order valence-corrected chi connectivity index (χ1v) is 13.0. The predicted molar refractivity (Wildman–Crippen MR) is 133 cm³/mol. The number of alkyl carbamates (subject to hydrolysis) is 1. The van der Waals surface area contributed by atoms with E-state index in [0.29, 0.717) is 45.1 Å². The molecule has 2 saturated heterocycles. The van der Waals surface area contributed by atoms with Gasteiger partial charge in [0, 0.05) is 18.5 Å². The summed E-state index contributed by atoms with van der Waals surface area (Å²) in [6, 6.07) is 8.45. The molecule has 2 bridgehead atoms. The lowest BCUT2D eigenvalue weighted by Gasteiger charge is -2.31. The summed E-state index contributed by atoms with van der Waals surface area (Å²) in [5.41, 5.74) is 5.44. The highest BCUT2D eigenvalue weighted by atomic mass is 16.7. The molecule has 1 aliphatic carbocycles. The number of urea groups is 1. The van der Waals surface area contributed by atoms with Crippen LogP contribution in [0.15, 0.2) is 30.3 Å². The van der Waals surface area contributed by atoms with Gasteiger partial charge in [0.05, 0.1) is 6.04 Å². The molecular weight excluding hydrogens is 478 g/mol. The van der Waals surface area contributed by atoms with Crippen LogP contribution in [0.4, 0.5) is 9.59 Å². The second-order valence-corrected chi connectivity index (χ2v) is 10.9. The van der Waals surface area contributed by atoms with Gasteiger partial charge in [-0.05, 0) is 64.9 Å². The van der Waals surface area contributed by atoms with Crippen LogP contribution in [0.25, 0.3) is 0 Å². The molecule has 1 aromatic carbocycles. The summed E-state index contributed by atoms with van der Waals surface area (Å²) in [6.07, 6.45) is 3.15. The standard InChI is InChI=1S/C26H37N5O6/c1-26(2,3)37-24(34)27-19-11-9-18(10-12-19)22(32)28-29-23(33)21-14-13-20-15-30(21)25(35)31(20)36-16-17-7-5-4-6-8-17/h4-8,18-21H,9-16H2,1-3H3,(H,27,34)(H,28,32)(H,29,33). The van der Waals surface area contributed by atoms with Gasteiger partial charge in [0.15, 0.2) is 0 Å². The topological polar surface area (TPSA) is 129 Å². The molecule has 202 valence electrons. The number of amides is 5. The fourth-order valence-electron chi connectivity index (χ4n) is 5.07. The van der Waals surface area contributed by atoms with Crippen LogP contribution in [0.5, 0.6) is 0 Å². The average molecular weight is 516 g/mol. The zero-order valence-electron chi connectivity index (χ0n) is 21.7. The number of fused-ring (bicyclic) bond motifs is 2. The second kappa shape index (κ2) is 11.4. The van der Waals surface area contributed by atoms with E-state index in [1.54, 1.807) is 0 Å². The number of hydrogen-bond donors (Lipinski definition) is 3. The van der Waals surface area contributed by atoms with Crippen molar-refractivity contribution >= 4 is 23.9 Å². The largest absolute Gasteiger partial charge is 0.444 e. The van der Waals surface area contributed by atoms with Crippen molar-refractivity contribution in [2.75, 3.05) is 6.54 Å². The highest BCUT2D eigenvalue weighted by Gasteiger charge is 2.48. The number of hydroxylamine groups is 2. The minimum absolute atomic E-state index is 0.0445. The number of piperidine rings is 1. The van der Waals surface area contributed by atoms with Gasteiger partial charge < -0.3 is 15.0 Å². The molecule has 11 heteroatoms. The molecule has 0 aromatic heterocycles. The number of benzene rings is 1. The van der Waals surface area contributed by atoms with E-state index in [9.17, 15) is 19.2 Å². The highest BCUT2D eigenvalue weighted by molar-refractivity contribution is 5.90. The van der Waals surface area contributed by atoms with Crippen LogP contribution >= 0.6 is 0 Å². The van der Waals surface area contributed by atoms with E-state index in [0.717, 1.165) is 5.56 Å². The van der Waals surface area contributed by atoms with Gasteiger partial charge in [0.2, 0.25) is 5.91 Å². The van der Waals surface area contributed by atoms with Gasteiger partial charge in [-0.3, -0.25) is 25.3 Å². The number of nitrogens with zero attached hydrogens (tertiary/aromatic N) is 2. The number of nitrogens with one attached hydrogen (secondary N) is 3. The predicted octanol–water partition coefficient (Wildman–Crippen LogP) is 2.62. The molecule has 3 fully saturated rings. The van der Waals surface area contributed by atoms with E-state index < -0.39 is 23.6 Å². The van der Waals surface area contributed by atoms with Gasteiger partial charge in [-0.15, -0.1) is 0 Å². The average Bonchev–Trinajstić information content (AvgIpc) is 3.10. The molecule has 0 radical (unpaired) electrons. The molecule has 1 aromatic rings. The van der Waals surface area contributed by atoms with E-state index in [1.807, 2.05) is 51.1 Å². The van der Waals surface area contributed by atoms with E-state index in [1.165, 1.54) is 9.96 Å². The lowest BCUT2D eigenvalue weighted by molar-refractivity contribution is -0.140. The summed E-state index contributed by atoms with van der Waals surface area (Å²) in [5.74, 6) is -0.938. The second-order valence-electron chi connectivity index (χ2n) is 10.9. The van der Waals surface area contributed by atoms with Crippen molar-refractivity contribution in [3.05, 3.63) is 35.9 Å². The molecule has 3 N–H and O–H groups in total. The van der Waals surface area contributed by atoms with Gasteiger partial charge in [-0.2, -0.15) is 5.06 Å². The Morgan fingerprint density at radius 1 is 0.946 bits per heavy atom. The summed E-state index contributed by atoms with van der Waals surface area (Å²) in [4.78, 5) is 57.7. The van der Waals surface area contributed by atoms with Gasteiger partial charge in [0.25, 0.3) is 5.91 Å². The molecule has 2 heterocycles. The first-order valence-electron chi connectivity index (χ1n) is 13.0. The van der Waals surface area contributed by atoms with Crippen molar-refractivity contribution in [1.29, 1.82) is 0 Å². The molecular formula is C26H37N5O6. The number of carbonyl (C=O) groups is 4. The summed E-state index contributed by atoms with van der Waals surface area (Å²) in [6.45, 7) is 6.11. The zero-order valence-corrected chi connectivity index (χ0v) is 21.7. The molecule has 0 spiro atoms. The van der Waals surface area contributed by atoms with E-state index >= 15 is 0 Å². The highest BCUT2D eigenvalue weighted by Crippen LogP contribution is 2.30. The van der Waals surface area contributed by atoms with Crippen molar-refractivity contribution < 1.29 is 28.8 Å². The van der Waals surface area contributed by atoms with E-state index in [-0.39, 0.29) is 36.5 Å². The molecule has 2 unspecified atom stereocenters. The minimum Gasteiger partial charge on any atom is -0.444 e. The van der Waals surface area contributed by atoms with Crippen LogP contribution in [0.1, 0.15) is 64.9 Å². The van der Waals surface area contributed by atoms with Crippen LogP contribution < -0.4 is 16.2 Å². The summed E-state index contributed by atoms with van der Waals surface area (Å²) < 4.78 is 5.29. The molecule has 11 nitrogen and oxygen atoms in total. The fraction of sp³-hybridized carbons (Fsp3) is 0.615. The molecule has 2 atom stereocenters. The summed E-state index contributed by atoms with van der Waals surface area (Å²) in [7, 11) is 0. The zero-order chi connectivity index (χ0) is 26.6. The van der Waals surface area contributed by atoms with E-state index in [2.05, 4.69) is 16.2 Å². The van der Waals surface area contributed by atoms with Crippen molar-refractivity contribution in [3.8, 4) is 0 Å². The van der Waals surface area contributed by atoms with Gasteiger partial charge in [0.1, 0.15) is 18.2 Å². The van der Waals surface area contributed by atoms with Crippen molar-refractivity contribution in [1.82, 2.24) is 26.1 Å².